The highest BCUT2D eigenvalue weighted by molar-refractivity contribution is 7.80. The highest BCUT2D eigenvalue weighted by Crippen LogP contribution is 2.13. The molecule has 0 fully saturated rings. The number of hydrogen-bond acceptors (Lipinski definition) is 4. The third-order valence-electron chi connectivity index (χ3n) is 2.66. The van der Waals surface area contributed by atoms with Crippen LogP contribution >= 0.6 is 23.8 Å². The number of hydrogen-bond donors (Lipinski definition) is 3. The fourth-order valence-electron chi connectivity index (χ4n) is 1.59. The molecule has 20 heavy (non-hydrogen) atoms. The Morgan fingerprint density at radius 3 is 2.90 bits per heavy atom. The predicted octanol–water partition coefficient (Wildman–Crippen LogP) is 2.51. The van der Waals surface area contributed by atoms with Crippen LogP contribution in [-0.4, -0.2) is 15.1 Å². The van der Waals surface area contributed by atoms with E-state index in [1.54, 1.807) is 0 Å². The molecule has 0 saturated carbocycles. The summed E-state index contributed by atoms with van der Waals surface area (Å²) < 4.78 is 0. The zero-order chi connectivity index (χ0) is 14.5. The maximum Gasteiger partial charge on any atom is 0.171 e. The number of para-hydroxylation sites is 1. The SMILES string of the molecule is Cc1ccccc1NC(=S)NCc1nc(Cl)cnc1N. The number of nitrogens with zero attached hydrogens (tertiary/aromatic N) is 2. The molecule has 0 saturated heterocycles. The van der Waals surface area contributed by atoms with Crippen LogP contribution in [0.25, 0.3) is 0 Å². The summed E-state index contributed by atoms with van der Waals surface area (Å²) in [6, 6.07) is 7.87. The van der Waals surface area contributed by atoms with Gasteiger partial charge in [0.2, 0.25) is 0 Å². The summed E-state index contributed by atoms with van der Waals surface area (Å²) in [6.07, 6.45) is 1.41. The Hall–Kier alpha value is -1.92. The van der Waals surface area contributed by atoms with E-state index in [4.69, 9.17) is 29.6 Å². The van der Waals surface area contributed by atoms with E-state index < -0.39 is 0 Å². The van der Waals surface area contributed by atoms with Crippen LogP contribution in [-0.2, 0) is 6.54 Å². The molecule has 5 nitrogen and oxygen atoms in total. The van der Waals surface area contributed by atoms with Gasteiger partial charge in [-0.1, -0.05) is 29.8 Å². The van der Waals surface area contributed by atoms with Crippen molar-refractivity contribution in [1.82, 2.24) is 15.3 Å². The molecule has 2 aromatic rings. The summed E-state index contributed by atoms with van der Waals surface area (Å²) in [6.45, 7) is 2.36. The van der Waals surface area contributed by atoms with Crippen molar-refractivity contribution in [3.05, 3.63) is 46.9 Å². The van der Waals surface area contributed by atoms with Gasteiger partial charge in [0.25, 0.3) is 0 Å². The molecule has 0 radical (unpaired) electrons. The van der Waals surface area contributed by atoms with E-state index in [0.29, 0.717) is 28.3 Å². The molecule has 1 aromatic carbocycles. The van der Waals surface area contributed by atoms with Crippen LogP contribution in [0.2, 0.25) is 5.15 Å². The summed E-state index contributed by atoms with van der Waals surface area (Å²) in [7, 11) is 0. The van der Waals surface area contributed by atoms with Crippen molar-refractivity contribution >= 4 is 40.4 Å². The maximum absolute atomic E-state index is 5.78. The highest BCUT2D eigenvalue weighted by Gasteiger charge is 2.05. The maximum atomic E-state index is 5.78. The van der Waals surface area contributed by atoms with E-state index in [1.165, 1.54) is 6.20 Å². The topological polar surface area (TPSA) is 75.9 Å². The highest BCUT2D eigenvalue weighted by atomic mass is 35.5. The third kappa shape index (κ3) is 3.79. The van der Waals surface area contributed by atoms with E-state index in [2.05, 4.69) is 20.6 Å². The predicted molar refractivity (Wildman–Crippen MR) is 85.7 cm³/mol. The van der Waals surface area contributed by atoms with Crippen molar-refractivity contribution in [2.75, 3.05) is 11.1 Å². The lowest BCUT2D eigenvalue weighted by Gasteiger charge is -2.12. The summed E-state index contributed by atoms with van der Waals surface area (Å²) in [5.74, 6) is 0.334. The Balaban J connectivity index is 1.96. The number of aromatic nitrogens is 2. The van der Waals surface area contributed by atoms with Crippen LogP contribution in [0.3, 0.4) is 0 Å². The van der Waals surface area contributed by atoms with E-state index in [-0.39, 0.29) is 0 Å². The van der Waals surface area contributed by atoms with Crippen molar-refractivity contribution in [2.24, 2.45) is 0 Å². The molecule has 0 bridgehead atoms. The van der Waals surface area contributed by atoms with E-state index in [0.717, 1.165) is 11.3 Å². The lowest BCUT2D eigenvalue weighted by atomic mass is 10.2. The number of anilines is 2. The first kappa shape index (κ1) is 14.5. The molecule has 0 aliphatic heterocycles. The number of nitrogen functional groups attached to an aromatic ring is 1. The number of halogens is 1. The molecule has 0 unspecified atom stereocenters. The van der Waals surface area contributed by atoms with Gasteiger partial charge < -0.3 is 16.4 Å². The molecule has 1 aromatic heterocycles. The third-order valence-corrected chi connectivity index (χ3v) is 3.09. The van der Waals surface area contributed by atoms with Crippen LogP contribution in [0.5, 0.6) is 0 Å². The smallest absolute Gasteiger partial charge is 0.171 e. The normalized spacial score (nSPS) is 10.1. The van der Waals surface area contributed by atoms with Crippen LogP contribution in [0.4, 0.5) is 11.5 Å². The second-order valence-electron chi connectivity index (χ2n) is 4.15. The van der Waals surface area contributed by atoms with Crippen LogP contribution < -0.4 is 16.4 Å². The first-order valence-electron chi connectivity index (χ1n) is 5.93. The monoisotopic (exact) mass is 307 g/mol. The Morgan fingerprint density at radius 1 is 1.40 bits per heavy atom. The number of thiocarbonyl (C=S) groups is 1. The minimum atomic E-state index is 0.300. The molecule has 0 atom stereocenters. The number of rotatable bonds is 3. The quantitative estimate of drug-likeness (QED) is 0.757. The zero-order valence-electron chi connectivity index (χ0n) is 10.9. The van der Waals surface area contributed by atoms with E-state index >= 15 is 0 Å². The van der Waals surface area contributed by atoms with Gasteiger partial charge in [0.05, 0.1) is 12.7 Å². The molecule has 0 spiro atoms. The van der Waals surface area contributed by atoms with Gasteiger partial charge in [0.15, 0.2) is 5.11 Å². The lowest BCUT2D eigenvalue weighted by Crippen LogP contribution is -2.29. The Bertz CT molecular complexity index is 632. The largest absolute Gasteiger partial charge is 0.382 e. The number of aryl methyl sites for hydroxylation is 1. The molecule has 2 rings (SSSR count). The van der Waals surface area contributed by atoms with Gasteiger partial charge in [-0.05, 0) is 30.8 Å². The van der Waals surface area contributed by atoms with Crippen molar-refractivity contribution in [1.29, 1.82) is 0 Å². The number of benzene rings is 1. The molecule has 0 aliphatic carbocycles. The average molecular weight is 308 g/mol. The van der Waals surface area contributed by atoms with Gasteiger partial charge in [-0.25, -0.2) is 9.97 Å². The first-order chi connectivity index (χ1) is 9.56. The fraction of sp³-hybridized carbons (Fsp3) is 0.154. The van der Waals surface area contributed by atoms with Crippen molar-refractivity contribution in [3.8, 4) is 0 Å². The fourth-order valence-corrected chi connectivity index (χ4v) is 1.92. The van der Waals surface area contributed by atoms with Crippen LogP contribution in [0.15, 0.2) is 30.5 Å². The minimum absolute atomic E-state index is 0.300. The Kier molecular flexibility index (Phi) is 4.70. The second kappa shape index (κ2) is 6.49. The van der Waals surface area contributed by atoms with E-state index in [9.17, 15) is 0 Å². The molecular weight excluding hydrogens is 294 g/mol. The molecule has 1 heterocycles. The van der Waals surface area contributed by atoms with Crippen LogP contribution in [0.1, 0.15) is 11.3 Å². The zero-order valence-corrected chi connectivity index (χ0v) is 12.4. The summed E-state index contributed by atoms with van der Waals surface area (Å²) in [4.78, 5) is 8.03. The standard InChI is InChI=1S/C13H14ClN5S/c1-8-4-2-3-5-9(8)19-13(20)17-6-10-12(15)16-7-11(14)18-10/h2-5,7H,6H2,1H3,(H2,15,16)(H2,17,19,20). The van der Waals surface area contributed by atoms with Gasteiger partial charge in [-0.3, -0.25) is 0 Å². The Labute approximate surface area is 127 Å². The Morgan fingerprint density at radius 2 is 2.15 bits per heavy atom. The summed E-state index contributed by atoms with van der Waals surface area (Å²) in [5.41, 5.74) is 8.34. The van der Waals surface area contributed by atoms with Gasteiger partial charge in [0, 0.05) is 5.69 Å². The molecule has 0 aliphatic rings. The van der Waals surface area contributed by atoms with Crippen LogP contribution in [0, 0.1) is 6.92 Å². The second-order valence-corrected chi connectivity index (χ2v) is 4.94. The van der Waals surface area contributed by atoms with Gasteiger partial charge >= 0.3 is 0 Å². The molecule has 7 heteroatoms. The van der Waals surface area contributed by atoms with Gasteiger partial charge in [0.1, 0.15) is 16.7 Å². The lowest BCUT2D eigenvalue weighted by molar-refractivity contribution is 0.875. The van der Waals surface area contributed by atoms with E-state index in [1.807, 2.05) is 31.2 Å². The van der Waals surface area contributed by atoms with Gasteiger partial charge in [-0.2, -0.15) is 0 Å². The van der Waals surface area contributed by atoms with Crippen molar-refractivity contribution in [2.45, 2.75) is 13.5 Å². The molecule has 0 amide bonds. The van der Waals surface area contributed by atoms with Crippen molar-refractivity contribution in [3.63, 3.8) is 0 Å². The summed E-state index contributed by atoms with van der Waals surface area (Å²) >= 11 is 11.0. The minimum Gasteiger partial charge on any atom is -0.382 e. The summed E-state index contributed by atoms with van der Waals surface area (Å²) in [5, 5.41) is 6.92. The number of nitrogens with two attached hydrogens (primary N) is 1. The molecular formula is C13H14ClN5S. The average Bonchev–Trinajstić information content (AvgIpc) is 2.42. The first-order valence-corrected chi connectivity index (χ1v) is 6.72. The molecule has 104 valence electrons. The van der Waals surface area contributed by atoms with Crippen molar-refractivity contribution < 1.29 is 0 Å². The molecule has 4 N–H and O–H groups in total. The van der Waals surface area contributed by atoms with Gasteiger partial charge in [-0.15, -0.1) is 0 Å². The number of nitrogens with one attached hydrogen (secondary N) is 2.